The van der Waals surface area contributed by atoms with Crippen molar-refractivity contribution < 1.29 is 19.7 Å². The number of hydrogen-bond donors (Lipinski definition) is 2. The minimum absolute atomic E-state index is 0. The summed E-state index contributed by atoms with van der Waals surface area (Å²) in [5.41, 5.74) is 1.65. The molecule has 2 heterocycles. The van der Waals surface area contributed by atoms with E-state index in [9.17, 15) is 15.0 Å². The third-order valence-electron chi connectivity index (χ3n) is 7.87. The standard InChI is InChI=1S/C28H40N2O4S.ClH/c1-34-21-9-10-26-24(18-21)23(12-14-29-26)27(31)11-8-20-13-15-30(19-25(20)28(32)33)16-17-35-22-6-4-2-3-5-7-22;/h9-10,12,14,18,20,22,25,27,31H,2-8,11,13,15-17,19H2,1H3,(H,32,33);1H/t20-,25+,27?;/m1./s1. The Bertz CT molecular complexity index is 970. The number of nitrogens with zero attached hydrogens (tertiary/aromatic N) is 2. The largest absolute Gasteiger partial charge is 0.497 e. The van der Waals surface area contributed by atoms with Crippen LogP contribution in [0.3, 0.4) is 0 Å². The normalized spacial score (nSPS) is 22.5. The zero-order valence-electron chi connectivity index (χ0n) is 21.3. The van der Waals surface area contributed by atoms with E-state index in [4.69, 9.17) is 4.74 Å². The molecule has 4 rings (SSSR count). The van der Waals surface area contributed by atoms with E-state index in [2.05, 4.69) is 21.6 Å². The summed E-state index contributed by atoms with van der Waals surface area (Å²) in [6.07, 6.45) is 11.4. The van der Waals surface area contributed by atoms with Gasteiger partial charge < -0.3 is 19.8 Å². The van der Waals surface area contributed by atoms with E-state index in [-0.39, 0.29) is 24.2 Å². The van der Waals surface area contributed by atoms with E-state index < -0.39 is 12.1 Å². The van der Waals surface area contributed by atoms with Crippen LogP contribution >= 0.6 is 24.2 Å². The quantitative estimate of drug-likeness (QED) is 0.362. The first-order valence-corrected chi connectivity index (χ1v) is 14.3. The number of aliphatic carboxylic acids is 1. The topological polar surface area (TPSA) is 82.9 Å². The first-order valence-electron chi connectivity index (χ1n) is 13.2. The van der Waals surface area contributed by atoms with Crippen LogP contribution in [0.5, 0.6) is 5.75 Å². The summed E-state index contributed by atoms with van der Waals surface area (Å²) in [4.78, 5) is 18.9. The predicted molar refractivity (Wildman–Crippen MR) is 149 cm³/mol. The fraction of sp³-hybridized carbons (Fsp3) is 0.643. The van der Waals surface area contributed by atoms with Crippen LogP contribution in [0.1, 0.15) is 69.5 Å². The van der Waals surface area contributed by atoms with Gasteiger partial charge in [0.15, 0.2) is 0 Å². The summed E-state index contributed by atoms with van der Waals surface area (Å²) >= 11 is 2.09. The van der Waals surface area contributed by atoms with Crippen molar-refractivity contribution in [1.82, 2.24) is 9.88 Å². The number of hydrogen-bond acceptors (Lipinski definition) is 6. The van der Waals surface area contributed by atoms with Crippen LogP contribution in [0.15, 0.2) is 30.5 Å². The van der Waals surface area contributed by atoms with Crippen LogP contribution in [0.4, 0.5) is 0 Å². The number of benzene rings is 1. The Hall–Kier alpha value is -1.54. The number of methoxy groups -OCH3 is 1. The van der Waals surface area contributed by atoms with Gasteiger partial charge in [0.25, 0.3) is 0 Å². The number of carbonyl (C=O) groups is 1. The molecule has 2 aliphatic rings. The maximum Gasteiger partial charge on any atom is 0.308 e. The highest BCUT2D eigenvalue weighted by Crippen LogP contribution is 2.34. The first kappa shape index (κ1) is 29.0. The van der Waals surface area contributed by atoms with Crippen molar-refractivity contribution >= 4 is 41.0 Å². The third-order valence-corrected chi connectivity index (χ3v) is 9.23. The van der Waals surface area contributed by atoms with E-state index >= 15 is 0 Å². The molecule has 2 fully saturated rings. The Kier molecular flexibility index (Phi) is 11.6. The summed E-state index contributed by atoms with van der Waals surface area (Å²) in [7, 11) is 1.63. The van der Waals surface area contributed by atoms with E-state index in [1.165, 1.54) is 38.5 Å². The number of halogens is 1. The van der Waals surface area contributed by atoms with Gasteiger partial charge in [0.2, 0.25) is 0 Å². The molecule has 1 aliphatic heterocycles. The summed E-state index contributed by atoms with van der Waals surface area (Å²) < 4.78 is 5.35. The first-order chi connectivity index (χ1) is 17.0. The zero-order valence-corrected chi connectivity index (χ0v) is 22.9. The SMILES string of the molecule is COc1ccc2nccc(C(O)CC[C@@H]3CCN(CCSC4CCCCCC4)C[C@@H]3C(=O)O)c2c1.Cl. The Morgan fingerprint density at radius 1 is 1.19 bits per heavy atom. The number of likely N-dealkylation sites (tertiary alicyclic amines) is 1. The number of thioether (sulfide) groups is 1. The van der Waals surface area contributed by atoms with Crippen molar-refractivity contribution in [2.75, 3.05) is 32.5 Å². The van der Waals surface area contributed by atoms with Crippen LogP contribution < -0.4 is 4.74 Å². The van der Waals surface area contributed by atoms with E-state index in [1.807, 2.05) is 24.3 Å². The predicted octanol–water partition coefficient (Wildman–Crippen LogP) is 5.96. The molecule has 2 aromatic rings. The van der Waals surface area contributed by atoms with Gasteiger partial charge in [0.1, 0.15) is 5.75 Å². The van der Waals surface area contributed by atoms with Crippen molar-refractivity contribution in [3.8, 4) is 5.75 Å². The number of carboxylic acids is 1. The average molecular weight is 537 g/mol. The Balaban J connectivity index is 0.00000361. The van der Waals surface area contributed by atoms with Gasteiger partial charge in [-0.2, -0.15) is 11.8 Å². The molecule has 0 amide bonds. The second kappa shape index (κ2) is 14.4. The van der Waals surface area contributed by atoms with Gasteiger partial charge in [-0.3, -0.25) is 9.78 Å². The summed E-state index contributed by atoms with van der Waals surface area (Å²) in [5.74, 6) is 0.849. The summed E-state index contributed by atoms with van der Waals surface area (Å²) in [6.45, 7) is 2.55. The molecule has 2 N–H and O–H groups in total. The van der Waals surface area contributed by atoms with Crippen molar-refractivity contribution in [1.29, 1.82) is 0 Å². The molecule has 200 valence electrons. The maximum atomic E-state index is 12.1. The second-order valence-electron chi connectivity index (χ2n) is 10.2. The van der Waals surface area contributed by atoms with Gasteiger partial charge in [-0.25, -0.2) is 0 Å². The molecule has 1 unspecified atom stereocenters. The van der Waals surface area contributed by atoms with Gasteiger partial charge in [0.05, 0.1) is 24.6 Å². The molecule has 1 aromatic carbocycles. The molecule has 1 aromatic heterocycles. The van der Waals surface area contributed by atoms with Gasteiger partial charge in [-0.05, 0) is 74.4 Å². The molecule has 8 heteroatoms. The lowest BCUT2D eigenvalue weighted by molar-refractivity contribution is -0.146. The van der Waals surface area contributed by atoms with Crippen molar-refractivity contribution in [2.45, 2.75) is 69.1 Å². The molecule has 3 atom stereocenters. The highest BCUT2D eigenvalue weighted by Gasteiger charge is 2.34. The summed E-state index contributed by atoms with van der Waals surface area (Å²) in [6, 6.07) is 7.53. The maximum absolute atomic E-state index is 12.1. The molecule has 1 saturated carbocycles. The van der Waals surface area contributed by atoms with Gasteiger partial charge in [0, 0.05) is 35.7 Å². The summed E-state index contributed by atoms with van der Waals surface area (Å²) in [5, 5.41) is 22.6. The van der Waals surface area contributed by atoms with Gasteiger partial charge >= 0.3 is 5.97 Å². The number of piperidine rings is 1. The Morgan fingerprint density at radius 3 is 2.69 bits per heavy atom. The van der Waals surface area contributed by atoms with Crippen LogP contribution in [-0.4, -0.2) is 63.8 Å². The number of ether oxygens (including phenoxy) is 1. The molecule has 6 nitrogen and oxygen atoms in total. The number of aliphatic hydroxyl groups excluding tert-OH is 1. The van der Waals surface area contributed by atoms with E-state index in [1.54, 1.807) is 13.3 Å². The number of carboxylic acid groups (broad SMARTS) is 1. The van der Waals surface area contributed by atoms with E-state index in [0.717, 1.165) is 52.7 Å². The molecule has 36 heavy (non-hydrogen) atoms. The number of aromatic nitrogens is 1. The monoisotopic (exact) mass is 536 g/mol. The van der Waals surface area contributed by atoms with Crippen LogP contribution in [0.2, 0.25) is 0 Å². The van der Waals surface area contributed by atoms with Crippen molar-refractivity contribution in [3.63, 3.8) is 0 Å². The van der Waals surface area contributed by atoms with Crippen LogP contribution in [-0.2, 0) is 4.79 Å². The van der Waals surface area contributed by atoms with Crippen LogP contribution in [0, 0.1) is 11.8 Å². The Morgan fingerprint density at radius 2 is 1.97 bits per heavy atom. The number of pyridine rings is 1. The highest BCUT2D eigenvalue weighted by atomic mass is 35.5. The van der Waals surface area contributed by atoms with Crippen LogP contribution in [0.25, 0.3) is 10.9 Å². The number of aliphatic hydroxyl groups is 1. The van der Waals surface area contributed by atoms with Crippen molar-refractivity contribution in [2.24, 2.45) is 11.8 Å². The smallest absolute Gasteiger partial charge is 0.308 e. The molecule has 1 saturated heterocycles. The average Bonchev–Trinajstić information content (AvgIpc) is 3.15. The highest BCUT2D eigenvalue weighted by molar-refractivity contribution is 7.99. The molecule has 0 radical (unpaired) electrons. The second-order valence-corrected chi connectivity index (χ2v) is 11.6. The lowest BCUT2D eigenvalue weighted by Crippen LogP contribution is -2.44. The Labute approximate surface area is 225 Å². The van der Waals surface area contributed by atoms with Gasteiger partial charge in [-0.1, -0.05) is 25.7 Å². The fourth-order valence-electron chi connectivity index (χ4n) is 5.75. The molecular weight excluding hydrogens is 496 g/mol. The fourth-order valence-corrected chi connectivity index (χ4v) is 7.11. The number of fused-ring (bicyclic) bond motifs is 1. The van der Waals surface area contributed by atoms with Gasteiger partial charge in [-0.15, -0.1) is 12.4 Å². The third kappa shape index (κ3) is 7.73. The zero-order chi connectivity index (χ0) is 24.6. The molecule has 0 bridgehead atoms. The minimum atomic E-state index is -0.704. The number of rotatable bonds is 10. The van der Waals surface area contributed by atoms with Crippen molar-refractivity contribution in [3.05, 3.63) is 36.0 Å². The lowest BCUT2D eigenvalue weighted by atomic mass is 9.81. The minimum Gasteiger partial charge on any atom is -0.497 e. The molecular formula is C28H41ClN2O4S. The molecule has 1 aliphatic carbocycles. The molecule has 0 spiro atoms. The lowest BCUT2D eigenvalue weighted by Gasteiger charge is -2.37. The van der Waals surface area contributed by atoms with E-state index in [0.29, 0.717) is 19.4 Å².